The first-order valence-electron chi connectivity index (χ1n) is 5.51. The molecule has 0 amide bonds. The molecular formula is C10H16N4O2S. The van der Waals surface area contributed by atoms with E-state index in [4.69, 9.17) is 0 Å². The molecule has 17 heavy (non-hydrogen) atoms. The standard InChI is InChI=1S/C10H16N4O2S/c1-11-6-9-7-13-10(8-12-9)14-2-4-17(15,16)5-3-14/h7-8,11H,2-6H2,1H3. The van der Waals surface area contributed by atoms with Gasteiger partial charge in [0.1, 0.15) is 5.82 Å². The summed E-state index contributed by atoms with van der Waals surface area (Å²) in [6.07, 6.45) is 3.42. The summed E-state index contributed by atoms with van der Waals surface area (Å²) in [6.45, 7) is 1.69. The molecular weight excluding hydrogens is 240 g/mol. The minimum atomic E-state index is -2.84. The Labute approximate surface area is 101 Å². The Morgan fingerprint density at radius 3 is 2.53 bits per heavy atom. The van der Waals surface area contributed by atoms with Crippen LogP contribution < -0.4 is 10.2 Å². The highest BCUT2D eigenvalue weighted by molar-refractivity contribution is 7.91. The van der Waals surface area contributed by atoms with Crippen LogP contribution in [-0.2, 0) is 16.4 Å². The van der Waals surface area contributed by atoms with E-state index in [1.165, 1.54) is 0 Å². The normalized spacial score (nSPS) is 19.2. The summed E-state index contributed by atoms with van der Waals surface area (Å²) >= 11 is 0. The lowest BCUT2D eigenvalue weighted by atomic mass is 10.4. The molecule has 0 unspecified atom stereocenters. The van der Waals surface area contributed by atoms with E-state index in [1.54, 1.807) is 12.4 Å². The Balaban J connectivity index is 2.03. The van der Waals surface area contributed by atoms with E-state index < -0.39 is 9.84 Å². The van der Waals surface area contributed by atoms with Gasteiger partial charge in [0.05, 0.1) is 29.6 Å². The predicted octanol–water partition coefficient (Wildman–Crippen LogP) is -0.569. The van der Waals surface area contributed by atoms with Crippen molar-refractivity contribution in [3.8, 4) is 0 Å². The first kappa shape index (κ1) is 12.3. The van der Waals surface area contributed by atoms with Crippen molar-refractivity contribution < 1.29 is 8.42 Å². The van der Waals surface area contributed by atoms with Gasteiger partial charge >= 0.3 is 0 Å². The third-order valence-electron chi connectivity index (χ3n) is 2.72. The fourth-order valence-corrected chi connectivity index (χ4v) is 2.93. The highest BCUT2D eigenvalue weighted by Crippen LogP contribution is 2.13. The monoisotopic (exact) mass is 256 g/mol. The van der Waals surface area contributed by atoms with E-state index in [0.29, 0.717) is 19.6 Å². The molecule has 0 aliphatic carbocycles. The number of nitrogens with one attached hydrogen (secondary N) is 1. The molecule has 0 aromatic carbocycles. The Bertz CT molecular complexity index is 458. The topological polar surface area (TPSA) is 75.2 Å². The van der Waals surface area contributed by atoms with Gasteiger partial charge < -0.3 is 10.2 Å². The van der Waals surface area contributed by atoms with Gasteiger partial charge in [0, 0.05) is 19.6 Å². The average Bonchev–Trinajstić information content (AvgIpc) is 2.31. The van der Waals surface area contributed by atoms with Crippen LogP contribution in [0.3, 0.4) is 0 Å². The number of hydrogen-bond donors (Lipinski definition) is 1. The van der Waals surface area contributed by atoms with Crippen molar-refractivity contribution in [3.05, 3.63) is 18.1 Å². The number of anilines is 1. The van der Waals surface area contributed by atoms with Crippen LogP contribution in [0, 0.1) is 0 Å². The van der Waals surface area contributed by atoms with Crippen molar-refractivity contribution in [1.29, 1.82) is 0 Å². The van der Waals surface area contributed by atoms with Gasteiger partial charge in [-0.3, -0.25) is 4.98 Å². The Morgan fingerprint density at radius 2 is 2.00 bits per heavy atom. The zero-order valence-corrected chi connectivity index (χ0v) is 10.6. The molecule has 1 aromatic rings. The van der Waals surface area contributed by atoms with Gasteiger partial charge in [-0.1, -0.05) is 0 Å². The van der Waals surface area contributed by atoms with E-state index >= 15 is 0 Å². The number of nitrogens with zero attached hydrogens (tertiary/aromatic N) is 3. The lowest BCUT2D eigenvalue weighted by Gasteiger charge is -2.27. The lowest BCUT2D eigenvalue weighted by molar-refractivity contribution is 0.586. The van der Waals surface area contributed by atoms with Crippen LogP contribution in [0.25, 0.3) is 0 Å². The largest absolute Gasteiger partial charge is 0.353 e. The van der Waals surface area contributed by atoms with Gasteiger partial charge in [-0.2, -0.15) is 0 Å². The first-order chi connectivity index (χ1) is 8.11. The number of aromatic nitrogens is 2. The van der Waals surface area contributed by atoms with Gasteiger partial charge in [0.25, 0.3) is 0 Å². The summed E-state index contributed by atoms with van der Waals surface area (Å²) in [5, 5.41) is 3.00. The van der Waals surface area contributed by atoms with Gasteiger partial charge in [0.15, 0.2) is 9.84 Å². The van der Waals surface area contributed by atoms with Crippen LogP contribution in [0.5, 0.6) is 0 Å². The van der Waals surface area contributed by atoms with Crippen LogP contribution in [0.4, 0.5) is 5.82 Å². The first-order valence-corrected chi connectivity index (χ1v) is 7.34. The Hall–Kier alpha value is -1.21. The van der Waals surface area contributed by atoms with Crippen LogP contribution >= 0.6 is 0 Å². The molecule has 94 valence electrons. The summed E-state index contributed by atoms with van der Waals surface area (Å²) in [7, 11) is -0.988. The fraction of sp³-hybridized carbons (Fsp3) is 0.600. The molecule has 1 fully saturated rings. The number of sulfone groups is 1. The lowest BCUT2D eigenvalue weighted by Crippen LogP contribution is -2.40. The quantitative estimate of drug-likeness (QED) is 0.780. The second-order valence-electron chi connectivity index (χ2n) is 4.04. The van der Waals surface area contributed by atoms with Crippen LogP contribution in [0.15, 0.2) is 12.4 Å². The van der Waals surface area contributed by atoms with Crippen molar-refractivity contribution in [3.63, 3.8) is 0 Å². The van der Waals surface area contributed by atoms with E-state index in [-0.39, 0.29) is 11.5 Å². The maximum absolute atomic E-state index is 11.3. The molecule has 1 aliphatic rings. The Kier molecular flexibility index (Phi) is 3.58. The number of rotatable bonds is 3. The van der Waals surface area contributed by atoms with Gasteiger partial charge in [-0.25, -0.2) is 13.4 Å². The molecule has 0 bridgehead atoms. The van der Waals surface area contributed by atoms with Crippen LogP contribution in [-0.4, -0.2) is 50.0 Å². The van der Waals surface area contributed by atoms with Crippen molar-refractivity contribution in [1.82, 2.24) is 15.3 Å². The summed E-state index contributed by atoms with van der Waals surface area (Å²) in [5.74, 6) is 1.15. The molecule has 0 atom stereocenters. The molecule has 0 saturated carbocycles. The fourth-order valence-electron chi connectivity index (χ4n) is 1.73. The summed E-state index contributed by atoms with van der Waals surface area (Å²) in [6, 6.07) is 0. The van der Waals surface area contributed by atoms with E-state index in [2.05, 4.69) is 15.3 Å². The van der Waals surface area contributed by atoms with Crippen molar-refractivity contribution in [2.24, 2.45) is 0 Å². The average molecular weight is 256 g/mol. The van der Waals surface area contributed by atoms with E-state index in [1.807, 2.05) is 11.9 Å². The minimum absolute atomic E-state index is 0.201. The predicted molar refractivity (Wildman–Crippen MR) is 65.7 cm³/mol. The smallest absolute Gasteiger partial charge is 0.153 e. The second-order valence-corrected chi connectivity index (χ2v) is 6.34. The summed E-state index contributed by atoms with van der Waals surface area (Å²) in [5.41, 5.74) is 0.876. The Morgan fingerprint density at radius 1 is 1.29 bits per heavy atom. The van der Waals surface area contributed by atoms with E-state index in [9.17, 15) is 8.42 Å². The van der Waals surface area contributed by atoms with Crippen LogP contribution in [0.1, 0.15) is 5.69 Å². The third kappa shape index (κ3) is 3.13. The second kappa shape index (κ2) is 4.97. The van der Waals surface area contributed by atoms with Gasteiger partial charge in [0.2, 0.25) is 0 Å². The molecule has 1 aliphatic heterocycles. The molecule has 2 heterocycles. The zero-order valence-electron chi connectivity index (χ0n) is 9.76. The van der Waals surface area contributed by atoms with Gasteiger partial charge in [-0.05, 0) is 7.05 Å². The molecule has 7 heteroatoms. The van der Waals surface area contributed by atoms with Crippen molar-refractivity contribution in [2.45, 2.75) is 6.54 Å². The van der Waals surface area contributed by atoms with Gasteiger partial charge in [-0.15, -0.1) is 0 Å². The molecule has 0 spiro atoms. The highest BCUT2D eigenvalue weighted by Gasteiger charge is 2.22. The SMILES string of the molecule is CNCc1cnc(N2CCS(=O)(=O)CC2)cn1. The summed E-state index contributed by atoms with van der Waals surface area (Å²) < 4.78 is 22.6. The maximum atomic E-state index is 11.3. The number of hydrogen-bond acceptors (Lipinski definition) is 6. The molecule has 0 radical (unpaired) electrons. The van der Waals surface area contributed by atoms with Crippen molar-refractivity contribution in [2.75, 3.05) is 36.5 Å². The molecule has 6 nitrogen and oxygen atoms in total. The minimum Gasteiger partial charge on any atom is -0.353 e. The van der Waals surface area contributed by atoms with Crippen LogP contribution in [0.2, 0.25) is 0 Å². The highest BCUT2D eigenvalue weighted by atomic mass is 32.2. The summed E-state index contributed by atoms with van der Waals surface area (Å²) in [4.78, 5) is 10.5. The molecule has 2 rings (SSSR count). The molecule has 1 N–H and O–H groups in total. The van der Waals surface area contributed by atoms with Crippen molar-refractivity contribution >= 4 is 15.7 Å². The maximum Gasteiger partial charge on any atom is 0.153 e. The molecule has 1 saturated heterocycles. The van der Waals surface area contributed by atoms with E-state index in [0.717, 1.165) is 11.5 Å². The molecule has 1 aromatic heterocycles. The zero-order chi connectivity index (χ0) is 12.3. The third-order valence-corrected chi connectivity index (χ3v) is 4.33.